The van der Waals surface area contributed by atoms with E-state index in [2.05, 4.69) is 4.98 Å². The van der Waals surface area contributed by atoms with Crippen molar-refractivity contribution in [2.24, 2.45) is 7.05 Å². The van der Waals surface area contributed by atoms with E-state index >= 15 is 0 Å². The van der Waals surface area contributed by atoms with Gasteiger partial charge in [-0.25, -0.2) is 9.78 Å². The zero-order valence-corrected chi connectivity index (χ0v) is 9.78. The molecule has 0 aliphatic rings. The van der Waals surface area contributed by atoms with Crippen LogP contribution in [0.2, 0.25) is 5.15 Å². The summed E-state index contributed by atoms with van der Waals surface area (Å²) in [6.45, 7) is 2.08. The predicted octanol–water partition coefficient (Wildman–Crippen LogP) is 1.97. The molecular formula is C8H11ClN2O2S. The van der Waals surface area contributed by atoms with E-state index in [1.54, 1.807) is 18.5 Å². The first-order chi connectivity index (χ1) is 6.61. The lowest BCUT2D eigenvalue weighted by molar-refractivity contribution is 0.0514. The van der Waals surface area contributed by atoms with Gasteiger partial charge in [-0.05, 0) is 13.2 Å². The minimum absolute atomic E-state index is 0.190. The van der Waals surface area contributed by atoms with E-state index in [0.29, 0.717) is 17.5 Å². The van der Waals surface area contributed by atoms with Gasteiger partial charge in [-0.3, -0.25) is 0 Å². The predicted molar refractivity (Wildman–Crippen MR) is 56.0 cm³/mol. The molecule has 0 N–H and O–H groups in total. The molecule has 0 aliphatic carbocycles. The van der Waals surface area contributed by atoms with Gasteiger partial charge in [0, 0.05) is 7.05 Å². The van der Waals surface area contributed by atoms with Crippen LogP contribution in [0.1, 0.15) is 17.4 Å². The smallest absolute Gasteiger partial charge is 0.358 e. The van der Waals surface area contributed by atoms with Crippen molar-refractivity contribution in [1.29, 1.82) is 0 Å². The first-order valence-corrected chi connectivity index (χ1v) is 5.65. The summed E-state index contributed by atoms with van der Waals surface area (Å²) < 4.78 is 6.48. The van der Waals surface area contributed by atoms with Gasteiger partial charge in [-0.1, -0.05) is 23.4 Å². The van der Waals surface area contributed by atoms with Gasteiger partial charge >= 0.3 is 5.97 Å². The number of nitrogens with zero attached hydrogens (tertiary/aromatic N) is 2. The highest BCUT2D eigenvalue weighted by molar-refractivity contribution is 7.98. The number of hydrogen-bond donors (Lipinski definition) is 0. The zero-order valence-electron chi connectivity index (χ0n) is 8.20. The Morgan fingerprint density at radius 1 is 1.71 bits per heavy atom. The number of esters is 1. The molecule has 0 unspecified atom stereocenters. The summed E-state index contributed by atoms with van der Waals surface area (Å²) in [6.07, 6.45) is 1.87. The highest BCUT2D eigenvalue weighted by Crippen LogP contribution is 2.22. The molecule has 0 aromatic carbocycles. The second-order valence-electron chi connectivity index (χ2n) is 2.52. The second kappa shape index (κ2) is 4.70. The zero-order chi connectivity index (χ0) is 10.7. The number of halogens is 1. The van der Waals surface area contributed by atoms with Crippen LogP contribution in [0.3, 0.4) is 0 Å². The molecule has 0 radical (unpaired) electrons. The minimum Gasteiger partial charge on any atom is -0.461 e. The largest absolute Gasteiger partial charge is 0.461 e. The number of carbonyl (C=O) groups is 1. The van der Waals surface area contributed by atoms with E-state index in [1.165, 1.54) is 11.8 Å². The van der Waals surface area contributed by atoms with Gasteiger partial charge in [-0.15, -0.1) is 0 Å². The molecule has 0 spiro atoms. The van der Waals surface area contributed by atoms with Gasteiger partial charge in [0.05, 0.1) is 6.61 Å². The van der Waals surface area contributed by atoms with E-state index in [9.17, 15) is 4.79 Å². The average Bonchev–Trinajstić information content (AvgIpc) is 2.41. The highest BCUT2D eigenvalue weighted by Gasteiger charge is 2.20. The SMILES string of the molecule is CCOC(=O)c1c(Cl)nc(SC)n1C. The Labute approximate surface area is 91.6 Å². The topological polar surface area (TPSA) is 44.1 Å². The summed E-state index contributed by atoms with van der Waals surface area (Å²) in [5, 5.41) is 0.883. The van der Waals surface area contributed by atoms with E-state index in [0.717, 1.165) is 0 Å². The fourth-order valence-corrected chi connectivity index (χ4v) is 1.93. The van der Waals surface area contributed by atoms with Gasteiger partial charge in [0.25, 0.3) is 0 Å². The van der Waals surface area contributed by atoms with E-state index in [-0.39, 0.29) is 5.15 Å². The minimum atomic E-state index is -0.437. The molecule has 6 heteroatoms. The number of thioether (sulfide) groups is 1. The van der Waals surface area contributed by atoms with Crippen molar-refractivity contribution in [1.82, 2.24) is 9.55 Å². The van der Waals surface area contributed by atoms with Crippen molar-refractivity contribution in [3.8, 4) is 0 Å². The lowest BCUT2D eigenvalue weighted by atomic mass is 10.5. The Morgan fingerprint density at radius 2 is 2.36 bits per heavy atom. The molecule has 78 valence electrons. The van der Waals surface area contributed by atoms with Gasteiger partial charge in [0.1, 0.15) is 0 Å². The van der Waals surface area contributed by atoms with Crippen molar-refractivity contribution < 1.29 is 9.53 Å². The van der Waals surface area contributed by atoms with Crippen LogP contribution in [-0.2, 0) is 11.8 Å². The highest BCUT2D eigenvalue weighted by atomic mass is 35.5. The maximum atomic E-state index is 11.4. The number of carbonyl (C=O) groups excluding carboxylic acids is 1. The Bertz CT molecular complexity index is 351. The van der Waals surface area contributed by atoms with E-state index in [1.807, 2.05) is 6.26 Å². The van der Waals surface area contributed by atoms with Crippen molar-refractivity contribution in [3.63, 3.8) is 0 Å². The molecule has 0 saturated heterocycles. The Morgan fingerprint density at radius 3 is 2.79 bits per heavy atom. The van der Waals surface area contributed by atoms with Crippen LogP contribution >= 0.6 is 23.4 Å². The summed E-state index contributed by atoms with van der Waals surface area (Å²) >= 11 is 7.24. The Hall–Kier alpha value is -0.680. The normalized spacial score (nSPS) is 10.3. The Kier molecular flexibility index (Phi) is 3.83. The Balaban J connectivity index is 3.07. The molecule has 0 bridgehead atoms. The van der Waals surface area contributed by atoms with Crippen molar-refractivity contribution >= 4 is 29.3 Å². The van der Waals surface area contributed by atoms with E-state index in [4.69, 9.17) is 16.3 Å². The molecule has 0 atom stereocenters. The van der Waals surface area contributed by atoms with Crippen LogP contribution < -0.4 is 0 Å². The molecule has 0 saturated carbocycles. The average molecular weight is 235 g/mol. The molecule has 0 fully saturated rings. The van der Waals surface area contributed by atoms with Crippen molar-refractivity contribution in [2.45, 2.75) is 12.1 Å². The molecule has 0 amide bonds. The van der Waals surface area contributed by atoms with Crippen LogP contribution in [0.4, 0.5) is 0 Å². The molecule has 1 aromatic heterocycles. The van der Waals surface area contributed by atoms with Crippen LogP contribution in [0, 0.1) is 0 Å². The monoisotopic (exact) mass is 234 g/mol. The second-order valence-corrected chi connectivity index (χ2v) is 3.65. The molecular weight excluding hydrogens is 224 g/mol. The van der Waals surface area contributed by atoms with E-state index < -0.39 is 5.97 Å². The number of ether oxygens (including phenoxy) is 1. The van der Waals surface area contributed by atoms with Crippen molar-refractivity contribution in [3.05, 3.63) is 10.8 Å². The molecule has 14 heavy (non-hydrogen) atoms. The van der Waals surface area contributed by atoms with Gasteiger partial charge < -0.3 is 9.30 Å². The quantitative estimate of drug-likeness (QED) is 0.593. The van der Waals surface area contributed by atoms with Crippen molar-refractivity contribution in [2.75, 3.05) is 12.9 Å². The van der Waals surface area contributed by atoms with Crippen LogP contribution in [-0.4, -0.2) is 28.4 Å². The van der Waals surface area contributed by atoms with Gasteiger partial charge in [0.15, 0.2) is 16.0 Å². The lowest BCUT2D eigenvalue weighted by Gasteiger charge is -2.03. The fraction of sp³-hybridized carbons (Fsp3) is 0.500. The van der Waals surface area contributed by atoms with Gasteiger partial charge in [-0.2, -0.15) is 0 Å². The fourth-order valence-electron chi connectivity index (χ4n) is 1.05. The molecule has 4 nitrogen and oxygen atoms in total. The summed E-state index contributed by atoms with van der Waals surface area (Å²) in [6, 6.07) is 0. The summed E-state index contributed by atoms with van der Waals surface area (Å²) in [5.41, 5.74) is 0.304. The molecule has 1 aromatic rings. The standard InChI is InChI=1S/C8H11ClN2O2S/c1-4-13-7(12)5-6(9)10-8(14-3)11(5)2/h4H2,1-3H3. The third kappa shape index (κ3) is 2.04. The lowest BCUT2D eigenvalue weighted by Crippen LogP contribution is -2.10. The number of hydrogen-bond acceptors (Lipinski definition) is 4. The van der Waals surface area contributed by atoms with Crippen LogP contribution in [0.25, 0.3) is 0 Å². The molecule has 1 heterocycles. The summed E-state index contributed by atoms with van der Waals surface area (Å²) in [5.74, 6) is -0.437. The number of aromatic nitrogens is 2. The number of imidazole rings is 1. The maximum Gasteiger partial charge on any atom is 0.358 e. The maximum absolute atomic E-state index is 11.4. The first-order valence-electron chi connectivity index (χ1n) is 4.05. The first kappa shape index (κ1) is 11.4. The molecule has 0 aliphatic heterocycles. The third-order valence-corrected chi connectivity index (χ3v) is 2.66. The van der Waals surface area contributed by atoms with Crippen LogP contribution in [0.15, 0.2) is 5.16 Å². The van der Waals surface area contributed by atoms with Gasteiger partial charge in [0.2, 0.25) is 0 Å². The third-order valence-electron chi connectivity index (χ3n) is 1.66. The number of rotatable bonds is 3. The molecule has 1 rings (SSSR count). The summed E-state index contributed by atoms with van der Waals surface area (Å²) in [7, 11) is 1.73. The van der Waals surface area contributed by atoms with Crippen LogP contribution in [0.5, 0.6) is 0 Å². The summed E-state index contributed by atoms with van der Waals surface area (Å²) in [4.78, 5) is 15.5.